The number of piperazine rings is 1. The molecule has 3 rings (SSSR count). The van der Waals surface area contributed by atoms with Crippen LogP contribution in [0.3, 0.4) is 0 Å². The van der Waals surface area contributed by atoms with Crippen molar-refractivity contribution >= 4 is 39.1 Å². The molecule has 3 N–H and O–H groups in total. The van der Waals surface area contributed by atoms with E-state index in [1.807, 2.05) is 0 Å². The van der Waals surface area contributed by atoms with Gasteiger partial charge in [0.2, 0.25) is 0 Å². The number of aromatic nitrogens is 2. The number of hydrogen-bond acceptors (Lipinski definition) is 7. The lowest BCUT2D eigenvalue weighted by molar-refractivity contribution is -0.141. The molecule has 0 saturated carbocycles. The summed E-state index contributed by atoms with van der Waals surface area (Å²) in [5.41, 5.74) is -0.465. The number of rotatable bonds is 8. The predicted molar refractivity (Wildman–Crippen MR) is 126 cm³/mol. The zero-order valence-corrected chi connectivity index (χ0v) is 20.8. The molecule has 3 heterocycles. The van der Waals surface area contributed by atoms with Crippen LogP contribution < -0.4 is 16.0 Å². The van der Waals surface area contributed by atoms with E-state index in [2.05, 4.69) is 58.7 Å². The summed E-state index contributed by atoms with van der Waals surface area (Å²) in [6.07, 6.45) is -3.13. The molecular weight excluding hydrogens is 523 g/mol. The molecule has 0 bridgehead atoms. The minimum atomic E-state index is -4.56. The van der Waals surface area contributed by atoms with Crippen molar-refractivity contribution in [2.45, 2.75) is 19.6 Å². The van der Waals surface area contributed by atoms with Crippen molar-refractivity contribution in [2.24, 2.45) is 0 Å². The lowest BCUT2D eigenvalue weighted by Gasteiger charge is -2.32. The summed E-state index contributed by atoms with van der Waals surface area (Å²) in [5, 5.41) is 8.47. The highest BCUT2D eigenvalue weighted by atomic mass is 79.9. The van der Waals surface area contributed by atoms with Crippen LogP contribution in [0.4, 0.5) is 23.8 Å². The van der Waals surface area contributed by atoms with Gasteiger partial charge in [-0.3, -0.25) is 10.2 Å². The number of pyridine rings is 1. The Bertz CT molecular complexity index is 948. The van der Waals surface area contributed by atoms with Crippen LogP contribution in [0, 0.1) is 0 Å². The highest BCUT2D eigenvalue weighted by Crippen LogP contribution is 2.40. The van der Waals surface area contributed by atoms with Gasteiger partial charge in [0.05, 0.1) is 4.88 Å². The third kappa shape index (κ3) is 7.34. The Labute approximate surface area is 203 Å². The van der Waals surface area contributed by atoms with Crippen molar-refractivity contribution < 1.29 is 18.0 Å². The molecule has 0 radical (unpaired) electrons. The predicted octanol–water partition coefficient (Wildman–Crippen LogP) is 3.46. The smallest absolute Gasteiger partial charge is 0.338 e. The fourth-order valence-corrected chi connectivity index (χ4v) is 4.93. The fraction of sp³-hybridized carbons (Fsp3) is 0.550. The summed E-state index contributed by atoms with van der Waals surface area (Å²) in [6.45, 7) is 7.56. The number of halogens is 4. The van der Waals surface area contributed by atoms with Gasteiger partial charge in [0.1, 0.15) is 10.8 Å². The molecule has 1 aliphatic heterocycles. The molecule has 1 saturated heterocycles. The molecule has 0 unspecified atom stereocenters. The van der Waals surface area contributed by atoms with Crippen LogP contribution in [-0.2, 0) is 12.7 Å². The van der Waals surface area contributed by atoms with Crippen LogP contribution >= 0.6 is 27.3 Å². The van der Waals surface area contributed by atoms with Crippen LogP contribution in [0.25, 0.3) is 10.6 Å². The molecular formula is C20H27BrF3N7OS. The molecule has 0 aromatic carbocycles. The van der Waals surface area contributed by atoms with E-state index in [1.54, 1.807) is 6.92 Å². The Morgan fingerprint density at radius 2 is 2.00 bits per heavy atom. The summed E-state index contributed by atoms with van der Waals surface area (Å²) < 4.78 is 41.5. The van der Waals surface area contributed by atoms with Gasteiger partial charge >= 0.3 is 12.2 Å². The largest absolute Gasteiger partial charge is 0.434 e. The lowest BCUT2D eigenvalue weighted by Crippen LogP contribution is -2.46. The molecule has 0 atom stereocenters. The van der Waals surface area contributed by atoms with E-state index in [-0.39, 0.29) is 22.2 Å². The first-order valence-corrected chi connectivity index (χ1v) is 12.2. The second kappa shape index (κ2) is 11.6. The third-order valence-electron chi connectivity index (χ3n) is 5.12. The van der Waals surface area contributed by atoms with Crippen LogP contribution in [0.15, 0.2) is 16.7 Å². The molecule has 0 spiro atoms. The Balaban J connectivity index is 1.71. The molecule has 1 fully saturated rings. The summed E-state index contributed by atoms with van der Waals surface area (Å²) in [7, 11) is 2.08. The Morgan fingerprint density at radius 3 is 2.67 bits per heavy atom. The van der Waals surface area contributed by atoms with Gasteiger partial charge < -0.3 is 15.5 Å². The van der Waals surface area contributed by atoms with Crippen LogP contribution in [-0.4, -0.2) is 78.7 Å². The monoisotopic (exact) mass is 549 g/mol. The zero-order chi connectivity index (χ0) is 24.0. The normalized spacial score (nSPS) is 15.6. The lowest BCUT2D eigenvalue weighted by atomic mass is 10.2. The summed E-state index contributed by atoms with van der Waals surface area (Å²) >= 11 is 4.31. The number of carbonyl (C=O) groups excluding carboxylic acids is 1. The Hall–Kier alpha value is -1.80. The Kier molecular flexibility index (Phi) is 9.04. The van der Waals surface area contributed by atoms with E-state index in [4.69, 9.17) is 0 Å². The van der Waals surface area contributed by atoms with Crippen LogP contribution in [0.2, 0.25) is 0 Å². The maximum absolute atomic E-state index is 13.7. The molecule has 8 nitrogen and oxygen atoms in total. The molecule has 13 heteroatoms. The van der Waals surface area contributed by atoms with E-state index < -0.39 is 17.9 Å². The van der Waals surface area contributed by atoms with Gasteiger partial charge in [-0.05, 0) is 36.0 Å². The molecule has 0 aliphatic carbocycles. The Morgan fingerprint density at radius 1 is 1.27 bits per heavy atom. The topological polar surface area (TPSA) is 85.4 Å². The maximum atomic E-state index is 13.7. The maximum Gasteiger partial charge on any atom is 0.434 e. The van der Waals surface area contributed by atoms with Gasteiger partial charge in [0.25, 0.3) is 0 Å². The van der Waals surface area contributed by atoms with Crippen molar-refractivity contribution in [3.8, 4) is 10.6 Å². The number of nitrogens with one attached hydrogen (secondary N) is 3. The van der Waals surface area contributed by atoms with Crippen molar-refractivity contribution in [2.75, 3.05) is 58.2 Å². The average molecular weight is 550 g/mol. The van der Waals surface area contributed by atoms with E-state index >= 15 is 0 Å². The third-order valence-corrected chi connectivity index (χ3v) is 6.84. The van der Waals surface area contributed by atoms with E-state index in [0.29, 0.717) is 23.1 Å². The minimum absolute atomic E-state index is 0.0764. The average Bonchev–Trinajstić information content (AvgIpc) is 3.19. The van der Waals surface area contributed by atoms with Crippen molar-refractivity contribution in [1.82, 2.24) is 30.4 Å². The first kappa shape index (κ1) is 25.8. The summed E-state index contributed by atoms with van der Waals surface area (Å²) in [4.78, 5) is 24.4. The second-order valence-electron chi connectivity index (χ2n) is 7.64. The number of likely N-dealkylation sites (N-methyl/N-ethyl adjacent to an activating group) is 1. The molecule has 2 aromatic heterocycles. The number of anilines is 1. The molecule has 33 heavy (non-hydrogen) atoms. The number of hydrogen-bond donors (Lipinski definition) is 3. The van der Waals surface area contributed by atoms with Gasteiger partial charge in [-0.1, -0.05) is 0 Å². The first-order valence-electron chi connectivity index (χ1n) is 10.6. The number of alkyl halides is 3. The van der Waals surface area contributed by atoms with Gasteiger partial charge in [0, 0.05) is 68.6 Å². The number of carbonyl (C=O) groups is 1. The van der Waals surface area contributed by atoms with Gasteiger partial charge in [0.15, 0.2) is 5.69 Å². The van der Waals surface area contributed by atoms with Crippen molar-refractivity contribution in [3.05, 3.63) is 27.3 Å². The molecule has 2 amide bonds. The molecule has 1 aliphatic rings. The second-order valence-corrected chi connectivity index (χ2v) is 9.58. The number of thiazole rings is 1. The van der Waals surface area contributed by atoms with Gasteiger partial charge in [-0.15, -0.1) is 11.3 Å². The van der Waals surface area contributed by atoms with Crippen LogP contribution in [0.5, 0.6) is 0 Å². The number of nitrogens with zero attached hydrogens (tertiary/aromatic N) is 4. The zero-order valence-electron chi connectivity index (χ0n) is 18.4. The highest BCUT2D eigenvalue weighted by Gasteiger charge is 2.37. The highest BCUT2D eigenvalue weighted by molar-refractivity contribution is 9.10. The van der Waals surface area contributed by atoms with Crippen LogP contribution in [0.1, 0.15) is 17.5 Å². The van der Waals surface area contributed by atoms with Gasteiger partial charge in [-0.2, -0.15) is 13.2 Å². The van der Waals surface area contributed by atoms with Crippen molar-refractivity contribution in [3.63, 3.8) is 0 Å². The standard InChI is InChI=1S/C20H27BrF3N7OS/c1-3-26-19(32)28-16-10-13(14(21)11-27-16)18-29-17(20(22,23)24)15(33-18)12-25-4-5-31-8-6-30(2)7-9-31/h10-11,25H,3-9,12H2,1-2H3,(H2,26,27,28,32). The summed E-state index contributed by atoms with van der Waals surface area (Å²) in [6, 6.07) is 1.06. The van der Waals surface area contributed by atoms with Crippen molar-refractivity contribution in [1.29, 1.82) is 0 Å². The van der Waals surface area contributed by atoms with Gasteiger partial charge in [-0.25, -0.2) is 14.8 Å². The number of urea groups is 1. The van der Waals surface area contributed by atoms with E-state index in [0.717, 1.165) is 44.1 Å². The minimum Gasteiger partial charge on any atom is -0.338 e. The molecule has 2 aromatic rings. The SMILES string of the molecule is CCNC(=O)Nc1cc(-c2nc(C(F)(F)F)c(CNCCN3CCN(C)CC3)s2)c(Br)cn1. The van der Waals surface area contributed by atoms with E-state index in [9.17, 15) is 18.0 Å². The summed E-state index contributed by atoms with van der Waals surface area (Å²) in [5.74, 6) is 0.217. The molecule has 182 valence electrons. The quantitative estimate of drug-likeness (QED) is 0.437. The number of amides is 2. The fourth-order valence-electron chi connectivity index (χ4n) is 3.31. The van der Waals surface area contributed by atoms with E-state index in [1.165, 1.54) is 12.3 Å². The first-order chi connectivity index (χ1) is 15.7.